The van der Waals surface area contributed by atoms with E-state index in [2.05, 4.69) is 20.8 Å². The molecule has 0 bridgehead atoms. The van der Waals surface area contributed by atoms with E-state index in [0.717, 1.165) is 0 Å². The van der Waals surface area contributed by atoms with Gasteiger partial charge in [-0.05, 0) is 29.5 Å². The lowest BCUT2D eigenvalue weighted by Crippen LogP contribution is -2.31. The molecule has 0 aliphatic carbocycles. The van der Waals surface area contributed by atoms with Gasteiger partial charge in [0.1, 0.15) is 24.4 Å². The van der Waals surface area contributed by atoms with Crippen molar-refractivity contribution in [2.45, 2.75) is 19.5 Å². The molecule has 2 rings (SSSR count). The summed E-state index contributed by atoms with van der Waals surface area (Å²) in [4.78, 5) is 11.8. The van der Waals surface area contributed by atoms with Crippen molar-refractivity contribution in [3.8, 4) is 5.75 Å². The number of carbonyl (C=O) groups excluding carboxylic acids is 1. The van der Waals surface area contributed by atoms with Crippen molar-refractivity contribution in [1.82, 2.24) is 25.5 Å². The Morgan fingerprint density at radius 2 is 2.35 bits per heavy atom. The average Bonchev–Trinajstić information content (AvgIpc) is 2.90. The van der Waals surface area contributed by atoms with Gasteiger partial charge >= 0.3 is 0 Å². The zero-order valence-electron chi connectivity index (χ0n) is 11.1. The van der Waals surface area contributed by atoms with Crippen LogP contribution in [0.15, 0.2) is 24.5 Å². The lowest BCUT2D eigenvalue weighted by Gasteiger charge is -2.17. The maximum absolute atomic E-state index is 13.8. The van der Waals surface area contributed by atoms with Crippen LogP contribution in [0.4, 0.5) is 4.39 Å². The fraction of sp³-hybridized carbons (Fsp3) is 0.333. The number of ether oxygens (including phenoxy) is 1. The molecular weight excluding hydrogens is 265 g/mol. The van der Waals surface area contributed by atoms with Crippen LogP contribution in [0, 0.1) is 5.82 Å². The van der Waals surface area contributed by atoms with Gasteiger partial charge in [0.25, 0.3) is 0 Å². The molecule has 106 valence electrons. The predicted molar refractivity (Wildman–Crippen MR) is 67.3 cm³/mol. The molecule has 0 radical (unpaired) electrons. The van der Waals surface area contributed by atoms with Crippen LogP contribution < -0.4 is 10.1 Å². The maximum atomic E-state index is 13.8. The summed E-state index contributed by atoms with van der Waals surface area (Å²) in [6.45, 7) is 1.65. The molecule has 0 saturated carbocycles. The van der Waals surface area contributed by atoms with Crippen LogP contribution in [-0.2, 0) is 11.3 Å². The van der Waals surface area contributed by atoms with Gasteiger partial charge in [-0.25, -0.2) is 9.07 Å². The number of benzene rings is 1. The summed E-state index contributed by atoms with van der Waals surface area (Å²) >= 11 is 0. The molecule has 1 atom stereocenters. The number of hydrogen-bond donors (Lipinski definition) is 1. The van der Waals surface area contributed by atoms with Gasteiger partial charge < -0.3 is 10.1 Å². The van der Waals surface area contributed by atoms with E-state index in [-0.39, 0.29) is 12.5 Å². The smallest absolute Gasteiger partial charge is 0.242 e. The van der Waals surface area contributed by atoms with Crippen LogP contribution in [0.5, 0.6) is 5.75 Å². The quantitative estimate of drug-likeness (QED) is 0.871. The maximum Gasteiger partial charge on any atom is 0.242 e. The van der Waals surface area contributed by atoms with Crippen LogP contribution in [0.25, 0.3) is 0 Å². The molecule has 0 saturated heterocycles. The number of tetrazole rings is 1. The average molecular weight is 279 g/mol. The van der Waals surface area contributed by atoms with E-state index < -0.39 is 11.9 Å². The summed E-state index contributed by atoms with van der Waals surface area (Å²) < 4.78 is 20.2. The molecule has 1 heterocycles. The van der Waals surface area contributed by atoms with Crippen molar-refractivity contribution < 1.29 is 13.9 Å². The van der Waals surface area contributed by atoms with E-state index in [9.17, 15) is 9.18 Å². The van der Waals surface area contributed by atoms with Crippen LogP contribution in [0.3, 0.4) is 0 Å². The number of rotatable bonds is 5. The molecular formula is C12H14FN5O2. The molecule has 1 N–H and O–H groups in total. The zero-order chi connectivity index (χ0) is 14.5. The Morgan fingerprint density at radius 1 is 1.55 bits per heavy atom. The van der Waals surface area contributed by atoms with Gasteiger partial charge in [0.15, 0.2) is 0 Å². The lowest BCUT2D eigenvalue weighted by molar-refractivity contribution is -0.122. The molecule has 0 fully saturated rings. The highest BCUT2D eigenvalue weighted by Gasteiger charge is 2.18. The zero-order valence-corrected chi connectivity index (χ0v) is 11.1. The summed E-state index contributed by atoms with van der Waals surface area (Å²) in [7, 11) is 1.45. The van der Waals surface area contributed by atoms with E-state index in [1.165, 1.54) is 24.2 Å². The fourth-order valence-corrected chi connectivity index (χ4v) is 1.87. The van der Waals surface area contributed by atoms with Crippen molar-refractivity contribution in [2.75, 3.05) is 7.11 Å². The first kappa shape index (κ1) is 13.9. The molecule has 2 aromatic rings. The van der Waals surface area contributed by atoms with Gasteiger partial charge in [-0.2, -0.15) is 0 Å². The topological polar surface area (TPSA) is 81.9 Å². The number of hydrogen-bond acceptors (Lipinski definition) is 5. The summed E-state index contributed by atoms with van der Waals surface area (Å²) in [6.07, 6.45) is 1.33. The second kappa shape index (κ2) is 6.09. The van der Waals surface area contributed by atoms with Crippen molar-refractivity contribution in [1.29, 1.82) is 0 Å². The summed E-state index contributed by atoms with van der Waals surface area (Å²) in [6, 6.07) is 3.98. The number of methoxy groups -OCH3 is 1. The second-order valence-electron chi connectivity index (χ2n) is 4.15. The van der Waals surface area contributed by atoms with Crippen LogP contribution in [0.2, 0.25) is 0 Å². The summed E-state index contributed by atoms with van der Waals surface area (Å²) in [5.74, 6) is -0.366. The first-order valence-electron chi connectivity index (χ1n) is 5.94. The predicted octanol–water partition coefficient (Wildman–Crippen LogP) is 0.698. The fourth-order valence-electron chi connectivity index (χ4n) is 1.87. The van der Waals surface area contributed by atoms with Gasteiger partial charge in [0.2, 0.25) is 5.91 Å². The van der Waals surface area contributed by atoms with Gasteiger partial charge in [0.05, 0.1) is 18.7 Å². The molecule has 7 nitrogen and oxygen atoms in total. The minimum Gasteiger partial charge on any atom is -0.496 e. The molecule has 0 spiro atoms. The third-order valence-electron chi connectivity index (χ3n) is 2.74. The van der Waals surface area contributed by atoms with E-state index >= 15 is 0 Å². The largest absolute Gasteiger partial charge is 0.496 e. The Morgan fingerprint density at radius 3 is 3.00 bits per heavy atom. The van der Waals surface area contributed by atoms with Crippen LogP contribution in [-0.4, -0.2) is 33.2 Å². The summed E-state index contributed by atoms with van der Waals surface area (Å²) in [5.41, 5.74) is 0.306. The normalized spacial score (nSPS) is 11.9. The molecule has 1 aromatic heterocycles. The minimum absolute atomic E-state index is 0.0336. The molecule has 8 heteroatoms. The minimum atomic E-state index is -0.532. The van der Waals surface area contributed by atoms with Gasteiger partial charge in [-0.1, -0.05) is 6.07 Å². The SMILES string of the molecule is COc1cccc(F)c1[C@@H](C)NC(=O)Cn1cnnn1. The van der Waals surface area contributed by atoms with Crippen molar-refractivity contribution in [3.63, 3.8) is 0 Å². The number of halogens is 1. The number of aromatic nitrogens is 4. The molecule has 1 aromatic carbocycles. The van der Waals surface area contributed by atoms with Crippen LogP contribution >= 0.6 is 0 Å². The molecule has 0 aliphatic heterocycles. The van der Waals surface area contributed by atoms with Gasteiger partial charge in [-0.3, -0.25) is 4.79 Å². The van der Waals surface area contributed by atoms with Crippen molar-refractivity contribution >= 4 is 5.91 Å². The monoisotopic (exact) mass is 279 g/mol. The molecule has 20 heavy (non-hydrogen) atoms. The van der Waals surface area contributed by atoms with E-state index in [1.807, 2.05) is 0 Å². The van der Waals surface area contributed by atoms with Crippen LogP contribution in [0.1, 0.15) is 18.5 Å². The van der Waals surface area contributed by atoms with Gasteiger partial charge in [-0.15, -0.1) is 5.10 Å². The highest BCUT2D eigenvalue weighted by Crippen LogP contribution is 2.27. The first-order chi connectivity index (χ1) is 9.61. The van der Waals surface area contributed by atoms with Gasteiger partial charge in [0, 0.05) is 0 Å². The lowest BCUT2D eigenvalue weighted by atomic mass is 10.1. The van der Waals surface area contributed by atoms with E-state index in [4.69, 9.17) is 4.74 Å². The number of carbonyl (C=O) groups is 1. The Bertz CT molecular complexity index is 588. The standard InChI is InChI=1S/C12H14FN5O2/c1-8(12-9(13)4-3-5-10(12)20-2)15-11(19)6-18-7-14-16-17-18/h3-5,7-8H,6H2,1-2H3,(H,15,19)/t8-/m1/s1. The first-order valence-corrected chi connectivity index (χ1v) is 5.94. The highest BCUT2D eigenvalue weighted by molar-refractivity contribution is 5.76. The van der Waals surface area contributed by atoms with Crippen molar-refractivity contribution in [2.24, 2.45) is 0 Å². The Kier molecular flexibility index (Phi) is 4.24. The van der Waals surface area contributed by atoms with E-state index in [1.54, 1.807) is 19.1 Å². The van der Waals surface area contributed by atoms with Crippen molar-refractivity contribution in [3.05, 3.63) is 35.9 Å². The third kappa shape index (κ3) is 3.08. The summed E-state index contributed by atoms with van der Waals surface area (Å²) in [5, 5.41) is 13.1. The Balaban J connectivity index is 2.08. The molecule has 0 unspecified atom stereocenters. The number of nitrogens with zero attached hydrogens (tertiary/aromatic N) is 4. The third-order valence-corrected chi connectivity index (χ3v) is 2.74. The Labute approximate surface area is 114 Å². The highest BCUT2D eigenvalue weighted by atomic mass is 19.1. The Hall–Kier alpha value is -2.51. The number of nitrogens with one attached hydrogen (secondary N) is 1. The van der Waals surface area contributed by atoms with E-state index in [0.29, 0.717) is 11.3 Å². The second-order valence-corrected chi connectivity index (χ2v) is 4.15. The molecule has 1 amide bonds. The number of amides is 1. The molecule has 0 aliphatic rings.